The molecular formula is C18H18ClN3OS2. The van der Waals surface area contributed by atoms with Gasteiger partial charge in [-0.3, -0.25) is 4.98 Å². The number of rotatable bonds is 6. The molecule has 2 aromatic rings. The molecule has 0 amide bonds. The lowest BCUT2D eigenvalue weighted by molar-refractivity contribution is 0.246. The van der Waals surface area contributed by atoms with Crippen LogP contribution in [0.5, 0.6) is 0 Å². The molecule has 0 bridgehead atoms. The number of aliphatic hydroxyl groups excluding tert-OH is 1. The predicted octanol–water partition coefficient (Wildman–Crippen LogP) is 3.66. The molecule has 130 valence electrons. The van der Waals surface area contributed by atoms with Crippen LogP contribution in [0.15, 0.2) is 41.4 Å². The van der Waals surface area contributed by atoms with Gasteiger partial charge in [0.25, 0.3) is 0 Å². The van der Waals surface area contributed by atoms with Gasteiger partial charge in [0, 0.05) is 34.2 Å². The van der Waals surface area contributed by atoms with Gasteiger partial charge in [0.05, 0.1) is 22.7 Å². The molecule has 0 radical (unpaired) electrons. The maximum atomic E-state index is 9.49. The summed E-state index contributed by atoms with van der Waals surface area (Å²) >= 11 is 9.89. The van der Waals surface area contributed by atoms with Crippen LogP contribution in [0.1, 0.15) is 28.3 Å². The number of allylic oxidation sites excluding steroid dienone is 1. The van der Waals surface area contributed by atoms with E-state index in [0.717, 1.165) is 16.2 Å². The number of nitriles is 1. The highest BCUT2D eigenvalue weighted by Gasteiger charge is 2.44. The molecule has 3 atom stereocenters. The minimum atomic E-state index is -0.381. The van der Waals surface area contributed by atoms with Gasteiger partial charge in [0.15, 0.2) is 0 Å². The summed E-state index contributed by atoms with van der Waals surface area (Å²) in [4.78, 5) is 5.33. The van der Waals surface area contributed by atoms with E-state index in [2.05, 4.69) is 22.5 Å². The van der Waals surface area contributed by atoms with E-state index in [-0.39, 0.29) is 24.0 Å². The molecule has 0 fully saturated rings. The first-order chi connectivity index (χ1) is 12.1. The Hall–Kier alpha value is -1.36. The van der Waals surface area contributed by atoms with Crippen LogP contribution in [0.4, 0.5) is 0 Å². The van der Waals surface area contributed by atoms with Crippen LogP contribution in [-0.2, 0) is 5.41 Å². The van der Waals surface area contributed by atoms with Crippen molar-refractivity contribution in [1.82, 2.24) is 4.98 Å². The Morgan fingerprint density at radius 2 is 2.32 bits per heavy atom. The number of aliphatic hydroxyl groups is 1. The van der Waals surface area contributed by atoms with Crippen molar-refractivity contribution < 1.29 is 5.11 Å². The Bertz CT molecular complexity index is 803. The number of hydrogen-bond donors (Lipinski definition) is 2. The fraction of sp³-hybridized carbons (Fsp3) is 0.333. The molecule has 4 nitrogen and oxygen atoms in total. The summed E-state index contributed by atoms with van der Waals surface area (Å²) in [6.07, 6.45) is 4.63. The van der Waals surface area contributed by atoms with E-state index in [4.69, 9.17) is 17.3 Å². The monoisotopic (exact) mass is 391 g/mol. The van der Waals surface area contributed by atoms with Gasteiger partial charge in [-0.25, -0.2) is 0 Å². The summed E-state index contributed by atoms with van der Waals surface area (Å²) < 4.78 is 0. The molecule has 1 aromatic heterocycles. The van der Waals surface area contributed by atoms with Gasteiger partial charge < -0.3 is 10.8 Å². The normalized spacial score (nSPS) is 21.8. The average molecular weight is 392 g/mol. The highest BCUT2D eigenvalue weighted by Crippen LogP contribution is 2.51. The minimum absolute atomic E-state index is 0.0276. The SMILES string of the molecule is N#Cc1cccc(C2([C@@H](C[C@H](N)CO)c3cncs3)C=CSC2)c1Cl. The molecule has 7 heteroatoms. The molecule has 0 saturated heterocycles. The van der Waals surface area contributed by atoms with Gasteiger partial charge in [-0.1, -0.05) is 29.8 Å². The van der Waals surface area contributed by atoms with Gasteiger partial charge in [-0.2, -0.15) is 5.26 Å². The second kappa shape index (κ2) is 7.90. The molecule has 0 aliphatic carbocycles. The van der Waals surface area contributed by atoms with Crippen LogP contribution >= 0.6 is 34.7 Å². The second-order valence-corrected chi connectivity index (χ2v) is 8.26. The summed E-state index contributed by atoms with van der Waals surface area (Å²) in [6, 6.07) is 7.41. The fourth-order valence-corrected chi connectivity index (χ4v) is 5.65. The lowest BCUT2D eigenvalue weighted by Crippen LogP contribution is -2.38. The lowest BCUT2D eigenvalue weighted by Gasteiger charge is -2.37. The Morgan fingerprint density at radius 1 is 1.48 bits per heavy atom. The quantitative estimate of drug-likeness (QED) is 0.785. The first-order valence-corrected chi connectivity index (χ1v) is 10.2. The van der Waals surface area contributed by atoms with Gasteiger partial charge in [0.2, 0.25) is 0 Å². The van der Waals surface area contributed by atoms with Crippen molar-refractivity contribution in [2.45, 2.75) is 23.8 Å². The zero-order valence-electron chi connectivity index (χ0n) is 13.4. The summed E-state index contributed by atoms with van der Waals surface area (Å²) in [5.74, 6) is 0.835. The summed E-state index contributed by atoms with van der Waals surface area (Å²) in [7, 11) is 0. The largest absolute Gasteiger partial charge is 0.395 e. The van der Waals surface area contributed by atoms with E-state index in [1.54, 1.807) is 34.7 Å². The van der Waals surface area contributed by atoms with Gasteiger partial charge in [-0.05, 0) is 23.5 Å². The molecule has 0 saturated carbocycles. The van der Waals surface area contributed by atoms with E-state index >= 15 is 0 Å². The first-order valence-electron chi connectivity index (χ1n) is 7.85. The maximum absolute atomic E-state index is 9.49. The van der Waals surface area contributed by atoms with Gasteiger partial charge in [-0.15, -0.1) is 23.1 Å². The van der Waals surface area contributed by atoms with Crippen molar-refractivity contribution in [3.63, 3.8) is 0 Å². The summed E-state index contributed by atoms with van der Waals surface area (Å²) in [5, 5.41) is 21.4. The van der Waals surface area contributed by atoms with Crippen molar-refractivity contribution in [2.75, 3.05) is 12.4 Å². The number of thiazole rings is 1. The third kappa shape index (κ3) is 3.48. The van der Waals surface area contributed by atoms with Crippen molar-refractivity contribution >= 4 is 34.7 Å². The van der Waals surface area contributed by atoms with E-state index in [0.29, 0.717) is 17.0 Å². The highest BCUT2D eigenvalue weighted by atomic mass is 35.5. The molecule has 1 aromatic carbocycles. The van der Waals surface area contributed by atoms with E-state index in [9.17, 15) is 10.4 Å². The minimum Gasteiger partial charge on any atom is -0.395 e. The van der Waals surface area contributed by atoms with E-state index < -0.39 is 0 Å². The fourth-order valence-electron chi connectivity index (χ4n) is 3.31. The van der Waals surface area contributed by atoms with E-state index in [1.165, 1.54) is 0 Å². The average Bonchev–Trinajstić information content (AvgIpc) is 3.32. The molecule has 1 aliphatic heterocycles. The van der Waals surface area contributed by atoms with Crippen molar-refractivity contribution in [3.05, 3.63) is 62.4 Å². The summed E-state index contributed by atoms with van der Waals surface area (Å²) in [5.41, 5.74) is 8.92. The Morgan fingerprint density at radius 3 is 2.92 bits per heavy atom. The van der Waals surface area contributed by atoms with Crippen molar-refractivity contribution in [3.8, 4) is 6.07 Å². The van der Waals surface area contributed by atoms with Crippen LogP contribution in [0.25, 0.3) is 0 Å². The summed E-state index contributed by atoms with van der Waals surface area (Å²) in [6.45, 7) is -0.0752. The molecule has 3 rings (SSSR count). The van der Waals surface area contributed by atoms with Crippen LogP contribution in [-0.4, -0.2) is 28.5 Å². The number of nitrogens with zero attached hydrogens (tertiary/aromatic N) is 2. The molecule has 0 spiro atoms. The molecule has 3 N–H and O–H groups in total. The van der Waals surface area contributed by atoms with Crippen molar-refractivity contribution in [1.29, 1.82) is 5.26 Å². The third-order valence-corrected chi connectivity index (χ3v) is 6.86. The third-order valence-electron chi connectivity index (χ3n) is 4.59. The van der Waals surface area contributed by atoms with Crippen LogP contribution in [0.3, 0.4) is 0 Å². The molecule has 2 heterocycles. The Balaban J connectivity index is 2.15. The number of halogens is 1. The molecule has 25 heavy (non-hydrogen) atoms. The number of thioether (sulfide) groups is 1. The predicted molar refractivity (Wildman–Crippen MR) is 104 cm³/mol. The van der Waals surface area contributed by atoms with Gasteiger partial charge >= 0.3 is 0 Å². The highest BCUT2D eigenvalue weighted by molar-refractivity contribution is 8.02. The number of benzene rings is 1. The number of hydrogen-bond acceptors (Lipinski definition) is 6. The molecular weight excluding hydrogens is 374 g/mol. The van der Waals surface area contributed by atoms with Crippen molar-refractivity contribution in [2.24, 2.45) is 5.73 Å². The molecule has 1 aliphatic rings. The van der Waals surface area contributed by atoms with Gasteiger partial charge in [0.1, 0.15) is 6.07 Å². The Kier molecular flexibility index (Phi) is 5.82. The first kappa shape index (κ1) is 18.4. The zero-order valence-corrected chi connectivity index (χ0v) is 15.8. The van der Waals surface area contributed by atoms with Crippen LogP contribution < -0.4 is 5.73 Å². The standard InChI is InChI=1S/C18H18ClN3OS2/c19-17-12(7-20)2-1-3-14(17)18(4-5-24-10-18)15(6-13(21)9-23)16-8-22-11-25-16/h1-5,8,11,13,15,23H,6,9-10,21H2/t13-,15-,18?/m0/s1. The molecule has 1 unspecified atom stereocenters. The zero-order chi connectivity index (χ0) is 17.9. The topological polar surface area (TPSA) is 82.9 Å². The number of nitrogens with two attached hydrogens (primary N) is 1. The van der Waals surface area contributed by atoms with Crippen LogP contribution in [0, 0.1) is 11.3 Å². The number of aromatic nitrogens is 1. The second-order valence-electron chi connectivity index (χ2n) is 6.07. The van der Waals surface area contributed by atoms with Crippen LogP contribution in [0.2, 0.25) is 5.02 Å². The van der Waals surface area contributed by atoms with E-state index in [1.807, 2.05) is 18.3 Å². The smallest absolute Gasteiger partial charge is 0.101 e. The Labute approximate surface area is 160 Å². The maximum Gasteiger partial charge on any atom is 0.101 e. The lowest BCUT2D eigenvalue weighted by atomic mass is 9.68.